The van der Waals surface area contributed by atoms with Crippen molar-refractivity contribution in [2.24, 2.45) is 10.9 Å². The fraction of sp³-hybridized carbons (Fsp3) is 0.417. The summed E-state index contributed by atoms with van der Waals surface area (Å²) >= 11 is 3.46. The number of nitrogens with two attached hydrogens (primary N) is 1. The van der Waals surface area contributed by atoms with Gasteiger partial charge in [0.25, 0.3) is 0 Å². The Morgan fingerprint density at radius 2 is 2.00 bits per heavy atom. The van der Waals surface area contributed by atoms with Crippen LogP contribution in [0.5, 0.6) is 0 Å². The predicted molar refractivity (Wildman–Crippen MR) is 72.7 cm³/mol. The molecular weight excluding hydrogens is 282 g/mol. The average molecular weight is 298 g/mol. The minimum Gasteiger partial charge on any atom is -0.409 e. The summed E-state index contributed by atoms with van der Waals surface area (Å²) in [6, 6.07) is 5.81. The molecule has 0 aromatic heterocycles. The summed E-state index contributed by atoms with van der Waals surface area (Å²) in [5.74, 6) is 0.165. The molecule has 0 unspecified atom stereocenters. The summed E-state index contributed by atoms with van der Waals surface area (Å²) in [5, 5.41) is 11.9. The highest BCUT2D eigenvalue weighted by Gasteiger charge is 2.16. The van der Waals surface area contributed by atoms with E-state index in [1.54, 1.807) is 0 Å². The number of oxime groups is 1. The van der Waals surface area contributed by atoms with Crippen LogP contribution in [-0.2, 0) is 0 Å². The molecule has 4 nitrogen and oxygen atoms in total. The lowest BCUT2D eigenvalue weighted by atomic mass is 10.1. The van der Waals surface area contributed by atoms with Crippen LogP contribution in [0.25, 0.3) is 0 Å². The minimum atomic E-state index is 0.165. The highest BCUT2D eigenvalue weighted by atomic mass is 79.9. The quantitative estimate of drug-likeness (QED) is 0.382. The Balaban J connectivity index is 2.38. The molecule has 92 valence electrons. The third-order valence-electron chi connectivity index (χ3n) is 3.04. The van der Waals surface area contributed by atoms with E-state index in [9.17, 15) is 0 Å². The van der Waals surface area contributed by atoms with Crippen LogP contribution >= 0.6 is 15.9 Å². The van der Waals surface area contributed by atoms with E-state index in [1.165, 1.54) is 19.3 Å². The van der Waals surface area contributed by atoms with Crippen molar-refractivity contribution in [3.05, 3.63) is 28.2 Å². The molecule has 1 aliphatic rings. The summed E-state index contributed by atoms with van der Waals surface area (Å²) in [5.41, 5.74) is 7.54. The number of hydrogen-bond donors (Lipinski definition) is 2. The van der Waals surface area contributed by atoms with Crippen LogP contribution < -0.4 is 10.6 Å². The first kappa shape index (κ1) is 12.2. The van der Waals surface area contributed by atoms with E-state index >= 15 is 0 Å². The standard InChI is InChI=1S/C12H16BrN3O/c13-9-4-5-10(12(14)15-17)11(8-9)16-6-2-1-3-7-16/h4-5,8,17H,1-3,6-7H2,(H2,14,15). The first-order valence-corrected chi connectivity index (χ1v) is 6.54. The van der Waals surface area contributed by atoms with Crippen LogP contribution in [0, 0.1) is 0 Å². The first-order valence-electron chi connectivity index (χ1n) is 5.75. The number of amidine groups is 1. The second-order valence-corrected chi connectivity index (χ2v) is 5.11. The van der Waals surface area contributed by atoms with Crippen LogP contribution in [0.4, 0.5) is 5.69 Å². The summed E-state index contributed by atoms with van der Waals surface area (Å²) < 4.78 is 1.01. The van der Waals surface area contributed by atoms with Gasteiger partial charge in [-0.2, -0.15) is 0 Å². The fourth-order valence-corrected chi connectivity index (χ4v) is 2.52. The molecule has 0 atom stereocenters. The molecule has 0 aliphatic carbocycles. The van der Waals surface area contributed by atoms with Crippen LogP contribution in [0.15, 0.2) is 27.8 Å². The van der Waals surface area contributed by atoms with E-state index in [0.717, 1.165) is 28.8 Å². The Bertz CT molecular complexity index is 428. The normalized spacial score (nSPS) is 17.2. The van der Waals surface area contributed by atoms with E-state index in [4.69, 9.17) is 10.9 Å². The van der Waals surface area contributed by atoms with Crippen molar-refractivity contribution >= 4 is 27.5 Å². The van der Waals surface area contributed by atoms with E-state index in [1.807, 2.05) is 18.2 Å². The molecule has 0 saturated carbocycles. The number of piperidine rings is 1. The fourth-order valence-electron chi connectivity index (χ4n) is 2.17. The van der Waals surface area contributed by atoms with Crippen molar-refractivity contribution < 1.29 is 5.21 Å². The topological polar surface area (TPSA) is 61.9 Å². The summed E-state index contributed by atoms with van der Waals surface area (Å²) in [7, 11) is 0. The summed E-state index contributed by atoms with van der Waals surface area (Å²) in [6.07, 6.45) is 3.67. The van der Waals surface area contributed by atoms with Crippen molar-refractivity contribution in [1.29, 1.82) is 0 Å². The van der Waals surface area contributed by atoms with Gasteiger partial charge in [-0.1, -0.05) is 21.1 Å². The lowest BCUT2D eigenvalue weighted by Gasteiger charge is -2.30. The SMILES string of the molecule is N/C(=N/O)c1ccc(Br)cc1N1CCCCC1. The third kappa shape index (κ3) is 2.72. The zero-order chi connectivity index (χ0) is 12.3. The molecule has 2 rings (SSSR count). The largest absolute Gasteiger partial charge is 0.409 e. The van der Waals surface area contributed by atoms with Crippen LogP contribution in [0.2, 0.25) is 0 Å². The Morgan fingerprint density at radius 1 is 1.29 bits per heavy atom. The number of hydrogen-bond acceptors (Lipinski definition) is 3. The summed E-state index contributed by atoms with van der Waals surface area (Å²) in [4.78, 5) is 2.29. The van der Waals surface area contributed by atoms with Gasteiger partial charge in [-0.15, -0.1) is 0 Å². The Morgan fingerprint density at radius 3 is 2.65 bits per heavy atom. The number of halogens is 1. The van der Waals surface area contributed by atoms with Crippen molar-refractivity contribution in [3.63, 3.8) is 0 Å². The molecule has 5 heteroatoms. The van der Waals surface area contributed by atoms with E-state index in [0.29, 0.717) is 0 Å². The number of rotatable bonds is 2. The maximum absolute atomic E-state index is 8.81. The lowest BCUT2D eigenvalue weighted by Crippen LogP contribution is -2.31. The van der Waals surface area contributed by atoms with Crippen LogP contribution in [-0.4, -0.2) is 24.1 Å². The first-order chi connectivity index (χ1) is 8.22. The highest BCUT2D eigenvalue weighted by molar-refractivity contribution is 9.10. The Hall–Kier alpha value is -1.23. The van der Waals surface area contributed by atoms with E-state index in [2.05, 4.69) is 26.0 Å². The van der Waals surface area contributed by atoms with Gasteiger partial charge in [-0.25, -0.2) is 0 Å². The molecule has 1 aromatic rings. The molecule has 3 N–H and O–H groups in total. The van der Waals surface area contributed by atoms with Gasteiger partial charge in [0.05, 0.1) is 0 Å². The number of nitrogens with zero attached hydrogens (tertiary/aromatic N) is 2. The van der Waals surface area contributed by atoms with Crippen LogP contribution in [0.1, 0.15) is 24.8 Å². The van der Waals surface area contributed by atoms with Gasteiger partial charge in [0.1, 0.15) is 0 Å². The molecule has 17 heavy (non-hydrogen) atoms. The van der Waals surface area contributed by atoms with Gasteiger partial charge in [0, 0.05) is 28.8 Å². The molecule has 1 aromatic carbocycles. The van der Waals surface area contributed by atoms with Gasteiger partial charge in [-0.05, 0) is 37.5 Å². The molecule has 0 amide bonds. The zero-order valence-corrected chi connectivity index (χ0v) is 11.2. The summed E-state index contributed by atoms with van der Waals surface area (Å²) in [6.45, 7) is 2.06. The Kier molecular flexibility index (Phi) is 3.89. The smallest absolute Gasteiger partial charge is 0.172 e. The number of benzene rings is 1. The molecular formula is C12H16BrN3O. The van der Waals surface area contributed by atoms with Crippen molar-refractivity contribution in [3.8, 4) is 0 Å². The van der Waals surface area contributed by atoms with E-state index in [-0.39, 0.29) is 5.84 Å². The van der Waals surface area contributed by atoms with E-state index < -0.39 is 0 Å². The van der Waals surface area contributed by atoms with Crippen molar-refractivity contribution in [2.45, 2.75) is 19.3 Å². The minimum absolute atomic E-state index is 0.165. The zero-order valence-electron chi connectivity index (χ0n) is 9.56. The average Bonchev–Trinajstić information content (AvgIpc) is 2.39. The van der Waals surface area contributed by atoms with Gasteiger partial charge >= 0.3 is 0 Å². The van der Waals surface area contributed by atoms with Crippen molar-refractivity contribution in [2.75, 3.05) is 18.0 Å². The molecule has 1 heterocycles. The predicted octanol–water partition coefficient (Wildman–Crippen LogP) is 2.53. The third-order valence-corrected chi connectivity index (χ3v) is 3.53. The molecule has 0 bridgehead atoms. The second kappa shape index (κ2) is 5.40. The van der Waals surface area contributed by atoms with Gasteiger partial charge < -0.3 is 15.8 Å². The highest BCUT2D eigenvalue weighted by Crippen LogP contribution is 2.27. The van der Waals surface area contributed by atoms with Gasteiger partial charge in [-0.3, -0.25) is 0 Å². The molecule has 0 radical (unpaired) electrons. The molecule has 1 aliphatic heterocycles. The molecule has 1 fully saturated rings. The maximum atomic E-state index is 8.81. The van der Waals surface area contributed by atoms with Gasteiger partial charge in [0.15, 0.2) is 5.84 Å². The van der Waals surface area contributed by atoms with Gasteiger partial charge in [0.2, 0.25) is 0 Å². The molecule has 1 saturated heterocycles. The maximum Gasteiger partial charge on any atom is 0.172 e. The number of anilines is 1. The monoisotopic (exact) mass is 297 g/mol. The second-order valence-electron chi connectivity index (χ2n) is 4.19. The van der Waals surface area contributed by atoms with Crippen molar-refractivity contribution in [1.82, 2.24) is 0 Å². The Labute approximate surface area is 109 Å². The van der Waals surface area contributed by atoms with Crippen LogP contribution in [0.3, 0.4) is 0 Å². The molecule has 0 spiro atoms. The lowest BCUT2D eigenvalue weighted by molar-refractivity contribution is 0.318.